The molecule has 1 heterocycles. The molecule has 32 heavy (non-hydrogen) atoms. The van der Waals surface area contributed by atoms with Crippen LogP contribution < -0.4 is 23.7 Å². The minimum Gasteiger partial charge on any atom is -0.504 e. The molecule has 9 heteroatoms. The lowest BCUT2D eigenvalue weighted by Crippen LogP contribution is -2.12. The zero-order chi connectivity index (χ0) is 23.1. The summed E-state index contributed by atoms with van der Waals surface area (Å²) in [5.74, 6) is 1.93. The van der Waals surface area contributed by atoms with Gasteiger partial charge in [-0.3, -0.25) is 4.99 Å². The van der Waals surface area contributed by atoms with Crippen molar-refractivity contribution in [3.8, 4) is 40.0 Å². The maximum atomic E-state index is 10.4. The Hall–Kier alpha value is -3.72. The largest absolute Gasteiger partial charge is 0.504 e. The van der Waals surface area contributed by atoms with Crippen LogP contribution in [-0.4, -0.2) is 51.0 Å². The van der Waals surface area contributed by atoms with Gasteiger partial charge in [0.2, 0.25) is 10.6 Å². The van der Waals surface area contributed by atoms with Crippen LogP contribution in [-0.2, 0) is 0 Å². The molecule has 3 rings (SSSR count). The molecule has 0 aliphatic rings. The van der Waals surface area contributed by atoms with Crippen LogP contribution in [0.1, 0.15) is 5.56 Å². The molecule has 0 atom stereocenters. The van der Waals surface area contributed by atoms with E-state index in [2.05, 4.69) is 16.7 Å². The minimum absolute atomic E-state index is 0.00787. The van der Waals surface area contributed by atoms with E-state index in [9.17, 15) is 5.11 Å². The van der Waals surface area contributed by atoms with E-state index in [0.29, 0.717) is 39.9 Å². The number of benzene rings is 2. The average molecular weight is 456 g/mol. The molecule has 0 saturated carbocycles. The van der Waals surface area contributed by atoms with Crippen molar-refractivity contribution in [2.75, 3.05) is 35.0 Å². The Kier molecular flexibility index (Phi) is 7.56. The predicted molar refractivity (Wildman–Crippen MR) is 126 cm³/mol. The number of hydrogen-bond donors (Lipinski definition) is 1. The van der Waals surface area contributed by atoms with Gasteiger partial charge in [0, 0.05) is 16.5 Å². The highest BCUT2D eigenvalue weighted by Gasteiger charge is 2.17. The van der Waals surface area contributed by atoms with E-state index >= 15 is 0 Å². The first-order valence-electron chi connectivity index (χ1n) is 9.60. The molecule has 3 aromatic rings. The summed E-state index contributed by atoms with van der Waals surface area (Å²) >= 11 is 1.43. The molecule has 8 nitrogen and oxygen atoms in total. The summed E-state index contributed by atoms with van der Waals surface area (Å²) in [5, 5.41) is 16.9. The van der Waals surface area contributed by atoms with Crippen molar-refractivity contribution in [1.82, 2.24) is 4.68 Å². The molecule has 1 N–H and O–H groups in total. The Morgan fingerprint density at radius 2 is 1.72 bits per heavy atom. The van der Waals surface area contributed by atoms with Crippen molar-refractivity contribution in [2.24, 2.45) is 10.1 Å². The maximum absolute atomic E-state index is 10.4. The smallest absolute Gasteiger partial charge is 0.206 e. The molecule has 0 radical (unpaired) electrons. The van der Waals surface area contributed by atoms with E-state index in [-0.39, 0.29) is 5.75 Å². The van der Waals surface area contributed by atoms with Crippen molar-refractivity contribution in [1.29, 1.82) is 0 Å². The summed E-state index contributed by atoms with van der Waals surface area (Å²) in [7, 11) is 6.19. The van der Waals surface area contributed by atoms with Gasteiger partial charge >= 0.3 is 0 Å². The van der Waals surface area contributed by atoms with Crippen molar-refractivity contribution in [2.45, 2.75) is 0 Å². The highest BCUT2D eigenvalue weighted by Crippen LogP contribution is 2.41. The highest BCUT2D eigenvalue weighted by atomic mass is 32.1. The van der Waals surface area contributed by atoms with Gasteiger partial charge in [-0.15, -0.1) is 17.9 Å². The first-order valence-corrected chi connectivity index (χ1v) is 10.5. The van der Waals surface area contributed by atoms with Gasteiger partial charge in [0.25, 0.3) is 0 Å². The van der Waals surface area contributed by atoms with Crippen LogP contribution in [0.3, 0.4) is 0 Å². The van der Waals surface area contributed by atoms with E-state index < -0.39 is 0 Å². The van der Waals surface area contributed by atoms with Gasteiger partial charge in [0.05, 0.1) is 46.9 Å². The van der Waals surface area contributed by atoms with Crippen LogP contribution >= 0.6 is 11.3 Å². The molecular formula is C23H25N3O5S. The topological polar surface area (TPSA) is 86.8 Å². The number of aromatic nitrogens is 1. The van der Waals surface area contributed by atoms with Gasteiger partial charge in [-0.25, -0.2) is 4.68 Å². The lowest BCUT2D eigenvalue weighted by Gasteiger charge is -2.14. The van der Waals surface area contributed by atoms with Crippen LogP contribution in [0, 0.1) is 0 Å². The van der Waals surface area contributed by atoms with E-state index in [4.69, 9.17) is 18.9 Å². The average Bonchev–Trinajstić information content (AvgIpc) is 3.23. The van der Waals surface area contributed by atoms with Crippen molar-refractivity contribution >= 4 is 17.6 Å². The Morgan fingerprint density at radius 1 is 1.03 bits per heavy atom. The second-order valence-corrected chi connectivity index (χ2v) is 7.24. The van der Waals surface area contributed by atoms with Crippen LogP contribution in [0.2, 0.25) is 0 Å². The molecule has 2 aromatic carbocycles. The zero-order valence-corrected chi connectivity index (χ0v) is 19.2. The molecular weight excluding hydrogens is 430 g/mol. The number of methoxy groups -OCH3 is 4. The molecule has 0 amide bonds. The SMILES string of the molecule is C=CCN=c1scc(-c2cc(OC)c(OC)c(OC)c2)n1N=Cc1cccc(OC)c1O. The van der Waals surface area contributed by atoms with E-state index in [0.717, 1.165) is 11.3 Å². The quantitative estimate of drug-likeness (QED) is 0.390. The lowest BCUT2D eigenvalue weighted by molar-refractivity contribution is 0.324. The molecule has 0 unspecified atom stereocenters. The minimum atomic E-state index is 0.00787. The number of ether oxygens (including phenoxy) is 4. The number of hydrogen-bond acceptors (Lipinski definition) is 8. The number of nitrogens with zero attached hydrogens (tertiary/aromatic N) is 3. The summed E-state index contributed by atoms with van der Waals surface area (Å²) in [5.41, 5.74) is 2.06. The number of phenolic OH excluding ortho intramolecular Hbond substituents is 1. The second kappa shape index (κ2) is 10.5. The van der Waals surface area contributed by atoms with Gasteiger partial charge < -0.3 is 24.1 Å². The number of aromatic hydroxyl groups is 1. The lowest BCUT2D eigenvalue weighted by atomic mass is 10.1. The van der Waals surface area contributed by atoms with E-state index in [1.807, 2.05) is 17.5 Å². The number of phenols is 1. The van der Waals surface area contributed by atoms with Crippen LogP contribution in [0.25, 0.3) is 11.3 Å². The van der Waals surface area contributed by atoms with Gasteiger partial charge in [0.15, 0.2) is 23.0 Å². The summed E-state index contributed by atoms with van der Waals surface area (Å²) in [4.78, 5) is 5.19. The van der Waals surface area contributed by atoms with E-state index in [1.165, 1.54) is 18.4 Å². The standard InChI is InChI=1S/C23H25N3O5S/c1-6-10-24-23-26(25-13-15-8-7-9-18(28-2)21(15)27)17(14-32-23)16-11-19(29-3)22(31-5)20(12-16)30-4/h6-9,11-14,27H,1,10H2,2-5H3. The predicted octanol–water partition coefficient (Wildman–Crippen LogP) is 3.93. The Labute approximate surface area is 190 Å². The number of thiazole rings is 1. The Bertz CT molecular complexity index is 1170. The Morgan fingerprint density at radius 3 is 2.31 bits per heavy atom. The fourth-order valence-corrected chi connectivity index (χ4v) is 3.86. The van der Waals surface area contributed by atoms with Crippen molar-refractivity contribution in [3.63, 3.8) is 0 Å². The third-order valence-corrected chi connectivity index (χ3v) is 5.42. The third-order valence-electron chi connectivity index (χ3n) is 4.56. The summed E-state index contributed by atoms with van der Waals surface area (Å²) in [6, 6.07) is 8.89. The van der Waals surface area contributed by atoms with Gasteiger partial charge in [0.1, 0.15) is 0 Å². The third kappa shape index (κ3) is 4.62. The number of para-hydroxylation sites is 1. The fraction of sp³-hybridized carbons (Fsp3) is 0.217. The Balaban J connectivity index is 2.18. The molecule has 0 saturated heterocycles. The highest BCUT2D eigenvalue weighted by molar-refractivity contribution is 7.07. The molecule has 0 aliphatic carbocycles. The molecule has 168 valence electrons. The van der Waals surface area contributed by atoms with Crippen molar-refractivity contribution in [3.05, 3.63) is 58.7 Å². The van der Waals surface area contributed by atoms with E-state index in [1.54, 1.807) is 56.5 Å². The molecule has 0 aliphatic heterocycles. The second-order valence-electron chi connectivity index (χ2n) is 6.40. The molecule has 0 bridgehead atoms. The first kappa shape index (κ1) is 23.0. The fourth-order valence-electron chi connectivity index (χ4n) is 3.02. The van der Waals surface area contributed by atoms with Gasteiger partial charge in [-0.2, -0.15) is 5.10 Å². The summed E-state index contributed by atoms with van der Waals surface area (Å²) < 4.78 is 23.3. The molecule has 0 spiro atoms. The van der Waals surface area contributed by atoms with Gasteiger partial charge in [-0.1, -0.05) is 12.1 Å². The van der Waals surface area contributed by atoms with Crippen LogP contribution in [0.5, 0.6) is 28.7 Å². The molecule has 1 aromatic heterocycles. The van der Waals surface area contributed by atoms with Crippen LogP contribution in [0.15, 0.2) is 58.5 Å². The first-order chi connectivity index (χ1) is 15.6. The van der Waals surface area contributed by atoms with Crippen molar-refractivity contribution < 1.29 is 24.1 Å². The molecule has 0 fully saturated rings. The summed E-state index contributed by atoms with van der Waals surface area (Å²) in [6.07, 6.45) is 3.26. The number of rotatable bonds is 9. The summed E-state index contributed by atoms with van der Waals surface area (Å²) in [6.45, 7) is 4.17. The van der Waals surface area contributed by atoms with Crippen LogP contribution in [0.4, 0.5) is 0 Å². The monoisotopic (exact) mass is 455 g/mol. The van der Waals surface area contributed by atoms with Gasteiger partial charge in [-0.05, 0) is 24.3 Å². The zero-order valence-electron chi connectivity index (χ0n) is 18.4. The normalized spacial score (nSPS) is 11.6. The maximum Gasteiger partial charge on any atom is 0.206 e.